The Kier molecular flexibility index (Phi) is 5.41. The van der Waals surface area contributed by atoms with Crippen LogP contribution in [0.2, 0.25) is 0 Å². The zero-order valence-electron chi connectivity index (χ0n) is 13.2. The van der Waals surface area contributed by atoms with Gasteiger partial charge in [0.2, 0.25) is 5.88 Å². The fraction of sp³-hybridized carbons (Fsp3) is 0.375. The van der Waals surface area contributed by atoms with Crippen LogP contribution in [-0.2, 0) is 6.54 Å². The van der Waals surface area contributed by atoms with Crippen molar-refractivity contribution in [2.75, 3.05) is 24.8 Å². The lowest BCUT2D eigenvalue weighted by molar-refractivity contribution is 0.262. The molecular formula is C16H22N4O2. The van der Waals surface area contributed by atoms with Crippen LogP contribution in [0.15, 0.2) is 30.6 Å². The number of nitrogens with two attached hydrogens (primary N) is 1. The molecule has 0 unspecified atom stereocenters. The number of ether oxygens (including phenoxy) is 2. The fourth-order valence-corrected chi connectivity index (χ4v) is 1.81. The van der Waals surface area contributed by atoms with E-state index in [4.69, 9.17) is 15.2 Å². The summed E-state index contributed by atoms with van der Waals surface area (Å²) in [6.07, 6.45) is 1.45. The summed E-state index contributed by atoms with van der Waals surface area (Å²) < 4.78 is 10.7. The molecule has 0 fully saturated rings. The standard InChI is InChI=1S/C16H22N4O2/c1-11(2)9-22-16-14(17)15(19-10-20-16)18-8-12-4-6-13(21-3)7-5-12/h4-7,10-11H,8-9,17H2,1-3H3,(H,18,19,20). The average molecular weight is 302 g/mol. The van der Waals surface area contributed by atoms with Crippen LogP contribution in [0.1, 0.15) is 19.4 Å². The summed E-state index contributed by atoms with van der Waals surface area (Å²) >= 11 is 0. The van der Waals surface area contributed by atoms with Crippen molar-refractivity contribution >= 4 is 11.5 Å². The summed E-state index contributed by atoms with van der Waals surface area (Å²) in [4.78, 5) is 8.24. The van der Waals surface area contributed by atoms with Crippen molar-refractivity contribution in [3.8, 4) is 11.6 Å². The molecule has 0 saturated heterocycles. The van der Waals surface area contributed by atoms with E-state index in [0.29, 0.717) is 36.5 Å². The lowest BCUT2D eigenvalue weighted by Gasteiger charge is -2.13. The minimum absolute atomic E-state index is 0.407. The Labute approximate surface area is 130 Å². The molecule has 0 bridgehead atoms. The van der Waals surface area contributed by atoms with Gasteiger partial charge in [0.05, 0.1) is 13.7 Å². The number of rotatable bonds is 7. The minimum Gasteiger partial charge on any atom is -0.497 e. The Balaban J connectivity index is 2.01. The van der Waals surface area contributed by atoms with Crippen LogP contribution in [-0.4, -0.2) is 23.7 Å². The summed E-state index contributed by atoms with van der Waals surface area (Å²) in [5, 5.41) is 3.20. The molecule has 1 aromatic carbocycles. The number of methoxy groups -OCH3 is 1. The van der Waals surface area contributed by atoms with Gasteiger partial charge in [0.25, 0.3) is 0 Å². The van der Waals surface area contributed by atoms with Crippen LogP contribution in [0.3, 0.4) is 0 Å². The van der Waals surface area contributed by atoms with Gasteiger partial charge >= 0.3 is 0 Å². The average Bonchev–Trinajstić information content (AvgIpc) is 2.53. The Morgan fingerprint density at radius 2 is 1.91 bits per heavy atom. The molecule has 2 rings (SSSR count). The van der Waals surface area contributed by atoms with Gasteiger partial charge in [0.15, 0.2) is 5.82 Å². The molecule has 0 aliphatic heterocycles. The Bertz CT molecular complexity index is 600. The van der Waals surface area contributed by atoms with E-state index >= 15 is 0 Å². The summed E-state index contributed by atoms with van der Waals surface area (Å²) in [6, 6.07) is 7.80. The van der Waals surface area contributed by atoms with Gasteiger partial charge in [-0.1, -0.05) is 26.0 Å². The molecular weight excluding hydrogens is 280 g/mol. The lowest BCUT2D eigenvalue weighted by atomic mass is 10.2. The summed E-state index contributed by atoms with van der Waals surface area (Å²) in [6.45, 7) is 5.31. The molecule has 0 aliphatic rings. The molecule has 6 heteroatoms. The van der Waals surface area contributed by atoms with E-state index in [1.807, 2.05) is 24.3 Å². The highest BCUT2D eigenvalue weighted by atomic mass is 16.5. The predicted octanol–water partition coefficient (Wildman–Crippen LogP) is 2.71. The van der Waals surface area contributed by atoms with Gasteiger partial charge in [-0.3, -0.25) is 0 Å². The smallest absolute Gasteiger partial charge is 0.242 e. The third-order valence-electron chi connectivity index (χ3n) is 3.02. The zero-order chi connectivity index (χ0) is 15.9. The quantitative estimate of drug-likeness (QED) is 0.818. The van der Waals surface area contributed by atoms with E-state index in [-0.39, 0.29) is 0 Å². The number of hydrogen-bond donors (Lipinski definition) is 2. The van der Waals surface area contributed by atoms with Crippen LogP contribution in [0.5, 0.6) is 11.6 Å². The third-order valence-corrected chi connectivity index (χ3v) is 3.02. The molecule has 3 N–H and O–H groups in total. The number of nitrogens with zero attached hydrogens (tertiary/aromatic N) is 2. The highest BCUT2D eigenvalue weighted by Gasteiger charge is 2.09. The number of benzene rings is 1. The Morgan fingerprint density at radius 3 is 2.55 bits per heavy atom. The summed E-state index contributed by atoms with van der Waals surface area (Å²) in [7, 11) is 1.65. The van der Waals surface area contributed by atoms with Crippen LogP contribution < -0.4 is 20.5 Å². The van der Waals surface area contributed by atoms with Crippen LogP contribution in [0, 0.1) is 5.92 Å². The minimum atomic E-state index is 0.407. The van der Waals surface area contributed by atoms with Crippen molar-refractivity contribution in [3.05, 3.63) is 36.2 Å². The Hall–Kier alpha value is -2.50. The van der Waals surface area contributed by atoms with Crippen molar-refractivity contribution in [1.29, 1.82) is 0 Å². The highest BCUT2D eigenvalue weighted by molar-refractivity contribution is 5.66. The molecule has 0 atom stereocenters. The van der Waals surface area contributed by atoms with Gasteiger partial charge in [0.1, 0.15) is 17.8 Å². The maximum atomic E-state index is 6.05. The van der Waals surface area contributed by atoms with Gasteiger partial charge in [-0.2, -0.15) is 4.98 Å². The number of hydrogen-bond acceptors (Lipinski definition) is 6. The first-order chi connectivity index (χ1) is 10.6. The summed E-state index contributed by atoms with van der Waals surface area (Å²) in [5.41, 5.74) is 7.57. The first-order valence-electron chi connectivity index (χ1n) is 7.20. The largest absolute Gasteiger partial charge is 0.497 e. The van der Waals surface area contributed by atoms with E-state index in [1.54, 1.807) is 7.11 Å². The third kappa shape index (κ3) is 4.25. The number of nitrogens with one attached hydrogen (secondary N) is 1. The molecule has 118 valence electrons. The molecule has 0 saturated carbocycles. The number of aromatic nitrogens is 2. The highest BCUT2D eigenvalue weighted by Crippen LogP contribution is 2.25. The summed E-state index contributed by atoms with van der Waals surface area (Å²) in [5.74, 6) is 2.23. The van der Waals surface area contributed by atoms with E-state index < -0.39 is 0 Å². The lowest BCUT2D eigenvalue weighted by Crippen LogP contribution is -2.10. The molecule has 22 heavy (non-hydrogen) atoms. The van der Waals surface area contributed by atoms with Gasteiger partial charge in [-0.25, -0.2) is 4.98 Å². The van der Waals surface area contributed by atoms with Crippen molar-refractivity contribution < 1.29 is 9.47 Å². The second-order valence-corrected chi connectivity index (χ2v) is 5.35. The molecule has 1 aromatic heterocycles. The van der Waals surface area contributed by atoms with Crippen molar-refractivity contribution in [2.45, 2.75) is 20.4 Å². The molecule has 2 aromatic rings. The van der Waals surface area contributed by atoms with Crippen molar-refractivity contribution in [2.24, 2.45) is 5.92 Å². The van der Waals surface area contributed by atoms with E-state index in [0.717, 1.165) is 11.3 Å². The van der Waals surface area contributed by atoms with E-state index in [9.17, 15) is 0 Å². The van der Waals surface area contributed by atoms with Gasteiger partial charge in [-0.15, -0.1) is 0 Å². The second kappa shape index (κ2) is 7.49. The maximum Gasteiger partial charge on any atom is 0.242 e. The fourth-order valence-electron chi connectivity index (χ4n) is 1.81. The first kappa shape index (κ1) is 15.9. The molecule has 0 amide bonds. The van der Waals surface area contributed by atoms with E-state index in [2.05, 4.69) is 29.1 Å². The number of anilines is 2. The van der Waals surface area contributed by atoms with Crippen molar-refractivity contribution in [3.63, 3.8) is 0 Å². The Morgan fingerprint density at radius 1 is 1.18 bits per heavy atom. The SMILES string of the molecule is COc1ccc(CNc2ncnc(OCC(C)C)c2N)cc1. The van der Waals surface area contributed by atoms with Gasteiger partial charge in [-0.05, 0) is 23.6 Å². The molecule has 0 spiro atoms. The predicted molar refractivity (Wildman–Crippen MR) is 87.1 cm³/mol. The molecule has 0 radical (unpaired) electrons. The first-order valence-corrected chi connectivity index (χ1v) is 7.20. The zero-order valence-corrected chi connectivity index (χ0v) is 13.2. The topological polar surface area (TPSA) is 82.3 Å². The second-order valence-electron chi connectivity index (χ2n) is 5.35. The normalized spacial score (nSPS) is 10.5. The van der Waals surface area contributed by atoms with Crippen LogP contribution >= 0.6 is 0 Å². The molecule has 1 heterocycles. The monoisotopic (exact) mass is 302 g/mol. The van der Waals surface area contributed by atoms with E-state index in [1.165, 1.54) is 6.33 Å². The van der Waals surface area contributed by atoms with Crippen LogP contribution in [0.4, 0.5) is 11.5 Å². The molecule has 0 aliphatic carbocycles. The molecule has 6 nitrogen and oxygen atoms in total. The van der Waals surface area contributed by atoms with Crippen LogP contribution in [0.25, 0.3) is 0 Å². The van der Waals surface area contributed by atoms with Gasteiger partial charge in [0, 0.05) is 6.54 Å². The number of nitrogen functional groups attached to an aromatic ring is 1. The van der Waals surface area contributed by atoms with Gasteiger partial charge < -0.3 is 20.5 Å². The van der Waals surface area contributed by atoms with Crippen molar-refractivity contribution in [1.82, 2.24) is 9.97 Å². The maximum absolute atomic E-state index is 6.05.